The van der Waals surface area contributed by atoms with Gasteiger partial charge in [0.25, 0.3) is 0 Å². The molecule has 1 aromatic heterocycles. The van der Waals surface area contributed by atoms with Gasteiger partial charge >= 0.3 is 5.69 Å². The van der Waals surface area contributed by atoms with Gasteiger partial charge in [-0.25, -0.2) is 9.48 Å². The van der Waals surface area contributed by atoms with Crippen molar-refractivity contribution in [1.82, 2.24) is 19.7 Å². The van der Waals surface area contributed by atoms with Crippen molar-refractivity contribution >= 4 is 24.8 Å². The third kappa shape index (κ3) is 3.72. The van der Waals surface area contributed by atoms with Crippen molar-refractivity contribution in [1.29, 1.82) is 0 Å². The van der Waals surface area contributed by atoms with E-state index < -0.39 is 0 Å². The van der Waals surface area contributed by atoms with Gasteiger partial charge in [-0.15, -0.1) is 24.8 Å². The van der Waals surface area contributed by atoms with Crippen molar-refractivity contribution < 1.29 is 0 Å². The minimum atomic E-state index is 0. The van der Waals surface area contributed by atoms with Gasteiger partial charge in [-0.2, -0.15) is 5.10 Å². The Bertz CT molecular complexity index is 672. The summed E-state index contributed by atoms with van der Waals surface area (Å²) in [5.74, 6) is 4.29. The molecule has 1 N–H and O–H groups in total. The summed E-state index contributed by atoms with van der Waals surface area (Å²) in [6.45, 7) is 5.80. The van der Waals surface area contributed by atoms with E-state index in [0.29, 0.717) is 11.3 Å². The maximum absolute atomic E-state index is 13.0. The fourth-order valence-electron chi connectivity index (χ4n) is 7.04. The van der Waals surface area contributed by atoms with Crippen LogP contribution < -0.4 is 11.0 Å². The highest BCUT2D eigenvalue weighted by molar-refractivity contribution is 5.85. The first-order valence-electron chi connectivity index (χ1n) is 10.5. The summed E-state index contributed by atoms with van der Waals surface area (Å²) in [5, 5.41) is 8.34. The number of halogens is 2. The lowest BCUT2D eigenvalue weighted by atomic mass is 9.49. The van der Waals surface area contributed by atoms with E-state index in [2.05, 4.69) is 12.2 Å². The van der Waals surface area contributed by atoms with E-state index in [4.69, 9.17) is 5.10 Å². The molecule has 0 radical (unpaired) electrons. The highest BCUT2D eigenvalue weighted by atomic mass is 35.5. The van der Waals surface area contributed by atoms with Gasteiger partial charge in [-0.05, 0) is 94.5 Å². The Labute approximate surface area is 174 Å². The van der Waals surface area contributed by atoms with Crippen molar-refractivity contribution in [2.75, 3.05) is 13.1 Å². The lowest BCUT2D eigenvalue weighted by molar-refractivity contribution is -0.0641. The second-order valence-corrected chi connectivity index (χ2v) is 9.48. The van der Waals surface area contributed by atoms with Crippen LogP contribution in [0.4, 0.5) is 0 Å². The average molecular weight is 417 g/mol. The summed E-state index contributed by atoms with van der Waals surface area (Å²) in [6, 6.07) is 0. The van der Waals surface area contributed by atoms with Crippen molar-refractivity contribution in [3.8, 4) is 0 Å². The highest BCUT2D eigenvalue weighted by Crippen LogP contribution is 2.60. The Balaban J connectivity index is 0.00000105. The summed E-state index contributed by atoms with van der Waals surface area (Å²) >= 11 is 0. The van der Waals surface area contributed by atoms with E-state index in [1.807, 2.05) is 9.25 Å². The third-order valence-corrected chi connectivity index (χ3v) is 7.62. The summed E-state index contributed by atoms with van der Waals surface area (Å²) in [5.41, 5.74) is 0.517. The number of rotatable bonds is 4. The van der Waals surface area contributed by atoms with E-state index in [1.165, 1.54) is 38.5 Å². The van der Waals surface area contributed by atoms with Gasteiger partial charge < -0.3 is 5.32 Å². The predicted octanol–water partition coefficient (Wildman–Crippen LogP) is 3.59. The highest BCUT2D eigenvalue weighted by Gasteiger charge is 2.51. The molecule has 4 saturated carbocycles. The summed E-state index contributed by atoms with van der Waals surface area (Å²) in [4.78, 5) is 13.0. The third-order valence-electron chi connectivity index (χ3n) is 7.62. The minimum absolute atomic E-state index is 0. The molecule has 1 aromatic rings. The van der Waals surface area contributed by atoms with Crippen LogP contribution >= 0.6 is 24.8 Å². The quantitative estimate of drug-likeness (QED) is 0.815. The monoisotopic (exact) mass is 416 g/mol. The molecule has 154 valence electrons. The molecule has 1 aliphatic heterocycles. The molecular formula is C20H34Cl2N4O. The minimum Gasteiger partial charge on any atom is -0.317 e. The second kappa shape index (κ2) is 8.08. The molecule has 0 unspecified atom stereocenters. The van der Waals surface area contributed by atoms with Gasteiger partial charge in [-0.3, -0.25) is 4.57 Å². The normalized spacial score (nSPS) is 34.9. The molecular weight excluding hydrogens is 383 g/mol. The molecule has 7 heteroatoms. The Kier molecular flexibility index (Phi) is 6.34. The molecule has 0 amide bonds. The molecule has 4 bridgehead atoms. The first-order chi connectivity index (χ1) is 12.2. The number of hydrogen-bond donors (Lipinski definition) is 1. The molecule has 0 spiro atoms. The molecule has 5 fully saturated rings. The SMILES string of the molecule is CCn1c(C2CCNCC2)nn(CC23CC4CC(CC(C4)C2)C3)c1=O.Cl.Cl. The zero-order chi connectivity index (χ0) is 17.0. The molecule has 0 aromatic carbocycles. The first kappa shape index (κ1) is 21.2. The molecule has 5 aliphatic rings. The molecule has 2 heterocycles. The molecule has 1 saturated heterocycles. The van der Waals surface area contributed by atoms with Crippen molar-refractivity contribution in [3.05, 3.63) is 16.3 Å². The van der Waals surface area contributed by atoms with Crippen LogP contribution in [0.5, 0.6) is 0 Å². The fraction of sp³-hybridized carbons (Fsp3) is 0.900. The van der Waals surface area contributed by atoms with E-state index in [0.717, 1.165) is 62.6 Å². The second-order valence-electron chi connectivity index (χ2n) is 9.48. The predicted molar refractivity (Wildman–Crippen MR) is 112 cm³/mol. The van der Waals surface area contributed by atoms with Gasteiger partial charge in [-0.1, -0.05) is 0 Å². The average Bonchev–Trinajstić information content (AvgIpc) is 2.90. The Hall–Kier alpha value is -0.520. The van der Waals surface area contributed by atoms with Gasteiger partial charge in [0.05, 0.1) is 6.54 Å². The lowest BCUT2D eigenvalue weighted by Gasteiger charge is -2.56. The number of aromatic nitrogens is 3. The van der Waals surface area contributed by atoms with Crippen LogP contribution in [0.1, 0.15) is 70.0 Å². The van der Waals surface area contributed by atoms with Gasteiger partial charge in [0, 0.05) is 12.5 Å². The van der Waals surface area contributed by atoms with Crippen LogP contribution in [-0.4, -0.2) is 27.4 Å². The van der Waals surface area contributed by atoms with Gasteiger partial charge in [0.2, 0.25) is 0 Å². The van der Waals surface area contributed by atoms with Crippen LogP contribution in [0.15, 0.2) is 4.79 Å². The van der Waals surface area contributed by atoms with Crippen molar-refractivity contribution in [2.24, 2.45) is 23.2 Å². The van der Waals surface area contributed by atoms with Gasteiger partial charge in [0.15, 0.2) is 0 Å². The largest absolute Gasteiger partial charge is 0.345 e. The Morgan fingerprint density at radius 1 is 1.04 bits per heavy atom. The Morgan fingerprint density at radius 3 is 2.11 bits per heavy atom. The fourth-order valence-corrected chi connectivity index (χ4v) is 7.04. The van der Waals surface area contributed by atoms with E-state index in [1.54, 1.807) is 0 Å². The zero-order valence-corrected chi connectivity index (χ0v) is 18.0. The van der Waals surface area contributed by atoms with E-state index in [9.17, 15) is 4.79 Å². The number of piperidine rings is 1. The van der Waals surface area contributed by atoms with Crippen molar-refractivity contribution in [3.63, 3.8) is 0 Å². The van der Waals surface area contributed by atoms with E-state index >= 15 is 0 Å². The Morgan fingerprint density at radius 2 is 1.59 bits per heavy atom. The molecule has 6 rings (SSSR count). The zero-order valence-electron chi connectivity index (χ0n) is 16.4. The molecule has 27 heavy (non-hydrogen) atoms. The number of nitrogens with zero attached hydrogens (tertiary/aromatic N) is 3. The standard InChI is InChI=1S/C20H32N4O.2ClH/c1-2-23-18(17-3-5-21-6-4-17)22-24(19(23)25)13-20-10-14-7-15(11-20)9-16(8-14)12-20;;/h14-17,21H,2-13H2,1H3;2*1H. The smallest absolute Gasteiger partial charge is 0.317 e. The van der Waals surface area contributed by atoms with Crippen LogP contribution in [-0.2, 0) is 13.1 Å². The van der Waals surface area contributed by atoms with E-state index in [-0.39, 0.29) is 30.5 Å². The lowest BCUT2D eigenvalue weighted by Crippen LogP contribution is -2.49. The van der Waals surface area contributed by atoms with Crippen LogP contribution in [0.25, 0.3) is 0 Å². The summed E-state index contributed by atoms with van der Waals surface area (Å²) < 4.78 is 3.82. The summed E-state index contributed by atoms with van der Waals surface area (Å²) in [6.07, 6.45) is 10.6. The maximum Gasteiger partial charge on any atom is 0.345 e. The van der Waals surface area contributed by atoms with Crippen molar-refractivity contribution in [2.45, 2.75) is 77.3 Å². The van der Waals surface area contributed by atoms with Crippen LogP contribution in [0.3, 0.4) is 0 Å². The van der Waals surface area contributed by atoms with Crippen LogP contribution in [0.2, 0.25) is 0 Å². The molecule has 5 nitrogen and oxygen atoms in total. The van der Waals surface area contributed by atoms with Crippen LogP contribution in [0, 0.1) is 23.2 Å². The van der Waals surface area contributed by atoms with Gasteiger partial charge in [0.1, 0.15) is 5.82 Å². The molecule has 0 atom stereocenters. The first-order valence-corrected chi connectivity index (χ1v) is 10.5. The number of hydrogen-bond acceptors (Lipinski definition) is 3. The molecule has 4 aliphatic carbocycles. The maximum atomic E-state index is 13.0. The summed E-state index contributed by atoms with van der Waals surface area (Å²) in [7, 11) is 0. The number of nitrogens with one attached hydrogen (secondary N) is 1. The topological polar surface area (TPSA) is 51.9 Å².